The first kappa shape index (κ1) is 12.6. The van der Waals surface area contributed by atoms with E-state index < -0.39 is 0 Å². The van der Waals surface area contributed by atoms with Crippen molar-refractivity contribution in [3.8, 4) is 5.75 Å². The number of piperidine rings is 2. The minimum Gasteiger partial charge on any atom is -0.489 e. The molecule has 98 valence electrons. The third kappa shape index (κ3) is 2.61. The highest BCUT2D eigenvalue weighted by Gasteiger charge is 2.32. The van der Waals surface area contributed by atoms with E-state index >= 15 is 0 Å². The molecule has 2 nitrogen and oxygen atoms in total. The zero-order valence-corrected chi connectivity index (χ0v) is 11.7. The van der Waals surface area contributed by atoms with Crippen LogP contribution >= 0.6 is 23.2 Å². The summed E-state index contributed by atoms with van der Waals surface area (Å²) in [5.41, 5.74) is 0. The van der Waals surface area contributed by atoms with Crippen LogP contribution in [0, 0.1) is 0 Å². The predicted molar refractivity (Wildman–Crippen MR) is 74.7 cm³/mol. The van der Waals surface area contributed by atoms with Gasteiger partial charge >= 0.3 is 0 Å². The Morgan fingerprint density at radius 2 is 1.83 bits per heavy atom. The Labute approximate surface area is 118 Å². The molecule has 0 saturated carbocycles. The Morgan fingerprint density at radius 1 is 1.11 bits per heavy atom. The molecule has 0 aliphatic carbocycles. The SMILES string of the molecule is Clc1cccc(OC2C[C@H]3CCC[C@@H](C2)N3)c1Cl. The second kappa shape index (κ2) is 5.28. The molecule has 0 radical (unpaired) electrons. The monoisotopic (exact) mass is 285 g/mol. The maximum absolute atomic E-state index is 6.16. The van der Waals surface area contributed by atoms with Gasteiger partial charge in [0.15, 0.2) is 0 Å². The van der Waals surface area contributed by atoms with Gasteiger partial charge in [-0.25, -0.2) is 0 Å². The van der Waals surface area contributed by atoms with E-state index in [9.17, 15) is 0 Å². The van der Waals surface area contributed by atoms with E-state index in [-0.39, 0.29) is 6.10 Å². The van der Waals surface area contributed by atoms with Crippen molar-refractivity contribution in [1.82, 2.24) is 5.32 Å². The van der Waals surface area contributed by atoms with Crippen LogP contribution < -0.4 is 10.1 Å². The molecule has 0 amide bonds. The van der Waals surface area contributed by atoms with Crippen LogP contribution in [-0.4, -0.2) is 18.2 Å². The minimum absolute atomic E-state index is 0.262. The third-order valence-corrected chi connectivity index (χ3v) is 4.68. The molecule has 3 rings (SSSR count). The van der Waals surface area contributed by atoms with Gasteiger partial charge in [0.1, 0.15) is 16.9 Å². The topological polar surface area (TPSA) is 21.3 Å². The van der Waals surface area contributed by atoms with Gasteiger partial charge in [-0.2, -0.15) is 0 Å². The molecule has 2 heterocycles. The second-order valence-corrected chi connectivity index (χ2v) is 6.04. The molecule has 1 aromatic carbocycles. The highest BCUT2D eigenvalue weighted by atomic mass is 35.5. The molecule has 1 unspecified atom stereocenters. The number of benzene rings is 1. The fourth-order valence-electron chi connectivity index (χ4n) is 3.06. The van der Waals surface area contributed by atoms with Gasteiger partial charge in [-0.3, -0.25) is 0 Å². The van der Waals surface area contributed by atoms with E-state index in [1.54, 1.807) is 6.07 Å². The van der Waals surface area contributed by atoms with Crippen LogP contribution in [-0.2, 0) is 0 Å². The summed E-state index contributed by atoms with van der Waals surface area (Å²) in [6.07, 6.45) is 6.27. The maximum atomic E-state index is 6.16. The predicted octanol–water partition coefficient (Wildman–Crippen LogP) is 4.05. The standard InChI is InChI=1S/C14H17Cl2NO/c15-12-5-2-6-13(14(12)16)18-11-7-9-3-1-4-10(8-11)17-9/h2,5-6,9-11,17H,1,3-4,7-8H2/t9-,10+,11?. The van der Waals surface area contributed by atoms with E-state index in [1.165, 1.54) is 19.3 Å². The molecule has 2 bridgehead atoms. The Bertz CT molecular complexity index is 426. The summed E-state index contributed by atoms with van der Waals surface area (Å²) in [6.45, 7) is 0. The van der Waals surface area contributed by atoms with Crippen molar-refractivity contribution in [2.75, 3.05) is 0 Å². The van der Waals surface area contributed by atoms with Gasteiger partial charge in [0, 0.05) is 12.1 Å². The van der Waals surface area contributed by atoms with Crippen LogP contribution in [0.3, 0.4) is 0 Å². The molecule has 1 N–H and O–H groups in total. The molecular formula is C14H17Cl2NO. The summed E-state index contributed by atoms with van der Waals surface area (Å²) in [6, 6.07) is 6.78. The smallest absolute Gasteiger partial charge is 0.139 e. The highest BCUT2D eigenvalue weighted by Crippen LogP contribution is 2.35. The van der Waals surface area contributed by atoms with Crippen molar-refractivity contribution < 1.29 is 4.74 Å². The summed E-state index contributed by atoms with van der Waals surface area (Å²) in [5, 5.41) is 4.74. The molecule has 18 heavy (non-hydrogen) atoms. The molecule has 0 spiro atoms. The quantitative estimate of drug-likeness (QED) is 0.885. The zero-order chi connectivity index (χ0) is 12.5. The fraction of sp³-hybridized carbons (Fsp3) is 0.571. The van der Waals surface area contributed by atoms with Gasteiger partial charge in [-0.1, -0.05) is 35.7 Å². The zero-order valence-electron chi connectivity index (χ0n) is 10.2. The van der Waals surface area contributed by atoms with Crippen LogP contribution in [0.1, 0.15) is 32.1 Å². The van der Waals surface area contributed by atoms with Crippen LogP contribution in [0.25, 0.3) is 0 Å². The van der Waals surface area contributed by atoms with Gasteiger partial charge in [-0.05, 0) is 37.8 Å². The van der Waals surface area contributed by atoms with E-state index in [0.29, 0.717) is 27.9 Å². The Balaban J connectivity index is 1.71. The molecule has 2 fully saturated rings. The number of hydrogen-bond donors (Lipinski definition) is 1. The molecule has 4 heteroatoms. The number of halogens is 2. The number of fused-ring (bicyclic) bond motifs is 2. The molecule has 0 aromatic heterocycles. The van der Waals surface area contributed by atoms with E-state index in [0.717, 1.165) is 12.8 Å². The summed E-state index contributed by atoms with van der Waals surface area (Å²) in [5.74, 6) is 0.717. The normalized spacial score (nSPS) is 31.1. The largest absolute Gasteiger partial charge is 0.489 e. The van der Waals surface area contributed by atoms with E-state index in [4.69, 9.17) is 27.9 Å². The first-order chi connectivity index (χ1) is 8.72. The summed E-state index contributed by atoms with van der Waals surface area (Å²) in [4.78, 5) is 0. The summed E-state index contributed by atoms with van der Waals surface area (Å²) in [7, 11) is 0. The van der Waals surface area contributed by atoms with Crippen LogP contribution in [0.4, 0.5) is 0 Å². The van der Waals surface area contributed by atoms with Crippen molar-refractivity contribution >= 4 is 23.2 Å². The van der Waals surface area contributed by atoms with E-state index in [1.807, 2.05) is 12.1 Å². The van der Waals surface area contributed by atoms with Crippen LogP contribution in [0.5, 0.6) is 5.75 Å². The molecular weight excluding hydrogens is 269 g/mol. The van der Waals surface area contributed by atoms with Gasteiger partial charge in [0.05, 0.1) is 5.02 Å². The lowest BCUT2D eigenvalue weighted by Gasteiger charge is -2.40. The lowest BCUT2D eigenvalue weighted by atomic mass is 9.85. The Morgan fingerprint density at radius 3 is 2.56 bits per heavy atom. The van der Waals surface area contributed by atoms with Crippen molar-refractivity contribution in [1.29, 1.82) is 0 Å². The second-order valence-electron chi connectivity index (χ2n) is 5.25. The number of hydrogen-bond acceptors (Lipinski definition) is 2. The van der Waals surface area contributed by atoms with Gasteiger partial charge in [-0.15, -0.1) is 0 Å². The fourth-order valence-corrected chi connectivity index (χ4v) is 3.40. The average Bonchev–Trinajstić information content (AvgIpc) is 2.35. The average molecular weight is 286 g/mol. The molecule has 2 saturated heterocycles. The number of ether oxygens (including phenoxy) is 1. The van der Waals surface area contributed by atoms with Crippen LogP contribution in [0.15, 0.2) is 18.2 Å². The minimum atomic E-state index is 0.262. The Kier molecular flexibility index (Phi) is 3.69. The van der Waals surface area contributed by atoms with Crippen molar-refractivity contribution in [2.24, 2.45) is 0 Å². The van der Waals surface area contributed by atoms with Gasteiger partial charge < -0.3 is 10.1 Å². The van der Waals surface area contributed by atoms with Crippen LogP contribution in [0.2, 0.25) is 10.0 Å². The molecule has 3 atom stereocenters. The highest BCUT2D eigenvalue weighted by molar-refractivity contribution is 6.42. The summed E-state index contributed by atoms with van der Waals surface area (Å²) >= 11 is 12.2. The number of nitrogens with one attached hydrogen (secondary N) is 1. The number of rotatable bonds is 2. The molecule has 2 aliphatic heterocycles. The first-order valence-corrected chi connectivity index (χ1v) is 7.34. The van der Waals surface area contributed by atoms with Crippen molar-refractivity contribution in [2.45, 2.75) is 50.3 Å². The van der Waals surface area contributed by atoms with E-state index in [2.05, 4.69) is 5.32 Å². The van der Waals surface area contributed by atoms with Crippen molar-refractivity contribution in [3.63, 3.8) is 0 Å². The van der Waals surface area contributed by atoms with Crippen molar-refractivity contribution in [3.05, 3.63) is 28.2 Å². The Hall–Kier alpha value is -0.440. The third-order valence-electron chi connectivity index (χ3n) is 3.88. The maximum Gasteiger partial charge on any atom is 0.139 e. The lowest BCUT2D eigenvalue weighted by molar-refractivity contribution is 0.0928. The van der Waals surface area contributed by atoms with Gasteiger partial charge in [0.2, 0.25) is 0 Å². The lowest BCUT2D eigenvalue weighted by Crippen LogP contribution is -2.51. The first-order valence-electron chi connectivity index (χ1n) is 6.59. The summed E-state index contributed by atoms with van der Waals surface area (Å²) < 4.78 is 6.05. The van der Waals surface area contributed by atoms with Gasteiger partial charge in [0.25, 0.3) is 0 Å². The molecule has 1 aromatic rings. The molecule has 2 aliphatic rings.